The van der Waals surface area contributed by atoms with Crippen LogP contribution in [-0.2, 0) is 0 Å². The molecule has 0 amide bonds. The van der Waals surface area contributed by atoms with E-state index in [1.54, 1.807) is 0 Å². The standard InChI is InChI=1S/K.NO3.4H2O/c;2-1(3)4;;;;/h;;4*1H2/q+1;-1;;;;. The first-order valence-corrected chi connectivity index (χ1v) is 0.548. The number of hydrogen-bond acceptors (Lipinski definition) is 3. The maximum Gasteiger partial charge on any atom is 1.00 e. The SMILES string of the molecule is O.O.O.O.O=[N+]([O-])[O-].[K+]. The largest absolute Gasteiger partial charge is 1.00 e. The van der Waals surface area contributed by atoms with Gasteiger partial charge in [-0.05, 0) is 0 Å². The Morgan fingerprint density at radius 1 is 0.889 bits per heavy atom. The molecule has 0 unspecified atom stereocenters. The van der Waals surface area contributed by atoms with Gasteiger partial charge < -0.3 is 37.2 Å². The molecule has 0 aliphatic rings. The van der Waals surface area contributed by atoms with Crippen LogP contribution < -0.4 is 51.4 Å². The molecule has 8 nitrogen and oxygen atoms in total. The van der Waals surface area contributed by atoms with Crippen LogP contribution in [0.25, 0.3) is 0 Å². The van der Waals surface area contributed by atoms with Crippen molar-refractivity contribution in [1.82, 2.24) is 0 Å². The van der Waals surface area contributed by atoms with Gasteiger partial charge in [0.15, 0.2) is 0 Å². The van der Waals surface area contributed by atoms with Gasteiger partial charge in [-0.2, -0.15) is 0 Å². The van der Waals surface area contributed by atoms with E-state index in [1.807, 2.05) is 0 Å². The van der Waals surface area contributed by atoms with Crippen molar-refractivity contribution in [2.24, 2.45) is 0 Å². The molecule has 9 heavy (non-hydrogen) atoms. The maximum absolute atomic E-state index is 8.25. The molecule has 0 spiro atoms. The van der Waals surface area contributed by atoms with Crippen LogP contribution in [0.15, 0.2) is 0 Å². The Labute approximate surface area is 92.6 Å². The van der Waals surface area contributed by atoms with Crippen LogP contribution in [0.5, 0.6) is 0 Å². The average molecular weight is 173 g/mol. The second kappa shape index (κ2) is 37.8. The third-order valence-corrected chi connectivity index (χ3v) is 0. The second-order valence-electron chi connectivity index (χ2n) is 0.224. The fraction of sp³-hybridized carbons (Fsp3) is 0. The molecule has 0 radical (unpaired) electrons. The monoisotopic (exact) mass is 173 g/mol. The molecule has 0 heterocycles. The Kier molecular flexibility index (Phi) is 227. The third kappa shape index (κ3) is 845. The summed E-state index contributed by atoms with van der Waals surface area (Å²) < 4.78 is 0. The molecular weight excluding hydrogens is 165 g/mol. The predicted octanol–water partition coefficient (Wildman–Crippen LogP) is -6.53. The molecule has 0 aromatic rings. The van der Waals surface area contributed by atoms with E-state index in [2.05, 4.69) is 0 Å². The van der Waals surface area contributed by atoms with Gasteiger partial charge in [-0.1, -0.05) is 0 Å². The van der Waals surface area contributed by atoms with Crippen LogP contribution in [0, 0.1) is 15.3 Å². The fourth-order valence-electron chi connectivity index (χ4n) is 0. The summed E-state index contributed by atoms with van der Waals surface area (Å²) >= 11 is 0. The van der Waals surface area contributed by atoms with Gasteiger partial charge in [0.2, 0.25) is 0 Å². The Bertz CT molecular complexity index is 31.9. The van der Waals surface area contributed by atoms with Crippen LogP contribution in [0.1, 0.15) is 0 Å². The van der Waals surface area contributed by atoms with Gasteiger partial charge >= 0.3 is 51.4 Å². The average Bonchev–Trinajstić information content (AvgIpc) is 0.811. The second-order valence-corrected chi connectivity index (χ2v) is 0.224. The molecule has 0 fully saturated rings. The molecule has 0 bridgehead atoms. The molecule has 0 aliphatic heterocycles. The molecule has 0 aliphatic carbocycles. The number of hydrogen-bond donors (Lipinski definition) is 0. The summed E-state index contributed by atoms with van der Waals surface area (Å²) in [7, 11) is 0. The molecule has 0 atom stereocenters. The minimum atomic E-state index is -1.75. The van der Waals surface area contributed by atoms with E-state index < -0.39 is 5.09 Å². The van der Waals surface area contributed by atoms with Crippen LogP contribution in [0.2, 0.25) is 0 Å². The van der Waals surface area contributed by atoms with Gasteiger partial charge in [-0.3, -0.25) is 0 Å². The van der Waals surface area contributed by atoms with Crippen molar-refractivity contribution in [3.8, 4) is 0 Å². The van der Waals surface area contributed by atoms with Crippen molar-refractivity contribution in [2.75, 3.05) is 0 Å². The summed E-state index contributed by atoms with van der Waals surface area (Å²) in [4.78, 5) is 8.25. The van der Waals surface area contributed by atoms with Gasteiger partial charge in [0.1, 0.15) is 0 Å². The molecular formula is H8KNO7. The van der Waals surface area contributed by atoms with E-state index in [4.69, 9.17) is 15.3 Å². The van der Waals surface area contributed by atoms with Crippen molar-refractivity contribution in [3.63, 3.8) is 0 Å². The van der Waals surface area contributed by atoms with Gasteiger partial charge in [0.25, 0.3) is 0 Å². The first-order chi connectivity index (χ1) is 1.73. The molecule has 0 rings (SSSR count). The zero-order valence-electron chi connectivity index (χ0n) is 4.67. The van der Waals surface area contributed by atoms with E-state index in [1.165, 1.54) is 0 Å². The van der Waals surface area contributed by atoms with E-state index in [-0.39, 0.29) is 73.3 Å². The number of rotatable bonds is 0. The topological polar surface area (TPSA) is 192 Å². The smallest absolute Gasteiger partial charge is 0.412 e. The van der Waals surface area contributed by atoms with E-state index >= 15 is 0 Å². The van der Waals surface area contributed by atoms with E-state index in [0.717, 1.165) is 0 Å². The van der Waals surface area contributed by atoms with Crippen LogP contribution in [-0.4, -0.2) is 27.0 Å². The predicted molar refractivity (Wildman–Crippen MR) is 24.8 cm³/mol. The fourth-order valence-corrected chi connectivity index (χ4v) is 0. The molecule has 0 saturated carbocycles. The summed E-state index contributed by atoms with van der Waals surface area (Å²) in [6, 6.07) is 0. The number of nitrogens with zero attached hydrogens (tertiary/aromatic N) is 1. The van der Waals surface area contributed by atoms with Gasteiger partial charge in [0.05, 0.1) is 5.09 Å². The van der Waals surface area contributed by atoms with Crippen molar-refractivity contribution < 1.29 is 78.4 Å². The van der Waals surface area contributed by atoms with Crippen molar-refractivity contribution in [2.45, 2.75) is 0 Å². The summed E-state index contributed by atoms with van der Waals surface area (Å²) in [6.45, 7) is 0. The van der Waals surface area contributed by atoms with Crippen LogP contribution in [0.3, 0.4) is 0 Å². The van der Waals surface area contributed by atoms with Gasteiger partial charge in [-0.25, -0.2) is 0 Å². The molecule has 0 aromatic heterocycles. The zero-order chi connectivity index (χ0) is 3.58. The molecule has 56 valence electrons. The quantitative estimate of drug-likeness (QED) is 0.200. The minimum absolute atomic E-state index is 0. The van der Waals surface area contributed by atoms with E-state index in [9.17, 15) is 0 Å². The molecule has 8 N–H and O–H groups in total. The van der Waals surface area contributed by atoms with Crippen molar-refractivity contribution >= 4 is 0 Å². The first-order valence-electron chi connectivity index (χ1n) is 0.548. The Hall–Kier alpha value is 0.676. The first kappa shape index (κ1) is 53.9. The maximum atomic E-state index is 8.25. The normalized spacial score (nSPS) is 2.67. The summed E-state index contributed by atoms with van der Waals surface area (Å²) in [5, 5.41) is 14.8. The Morgan fingerprint density at radius 2 is 0.889 bits per heavy atom. The Balaban J connectivity index is -0.00000000450. The summed E-state index contributed by atoms with van der Waals surface area (Å²) in [6.07, 6.45) is 0. The third-order valence-electron chi connectivity index (χ3n) is 0. The van der Waals surface area contributed by atoms with Crippen LogP contribution in [0.4, 0.5) is 0 Å². The Morgan fingerprint density at radius 3 is 0.889 bits per heavy atom. The minimum Gasteiger partial charge on any atom is -0.412 e. The van der Waals surface area contributed by atoms with E-state index in [0.29, 0.717) is 0 Å². The zero-order valence-corrected chi connectivity index (χ0v) is 7.80. The van der Waals surface area contributed by atoms with Gasteiger partial charge in [-0.15, -0.1) is 0 Å². The molecule has 0 saturated heterocycles. The molecule has 0 aromatic carbocycles. The van der Waals surface area contributed by atoms with Crippen molar-refractivity contribution in [1.29, 1.82) is 0 Å². The summed E-state index contributed by atoms with van der Waals surface area (Å²) in [5.41, 5.74) is 0. The molecule has 9 heteroatoms. The van der Waals surface area contributed by atoms with Crippen LogP contribution >= 0.6 is 0 Å². The van der Waals surface area contributed by atoms with Crippen molar-refractivity contribution in [3.05, 3.63) is 15.3 Å². The van der Waals surface area contributed by atoms with Gasteiger partial charge in [0, 0.05) is 0 Å². The summed E-state index contributed by atoms with van der Waals surface area (Å²) in [5.74, 6) is 0.